The number of hydrogen-bond acceptors (Lipinski definition) is 3. The Bertz CT molecular complexity index is 434. The van der Waals surface area contributed by atoms with E-state index >= 15 is 0 Å². The molecule has 1 aromatic carbocycles. The fraction of sp³-hybridized carbons (Fsp3) is 0.500. The highest BCUT2D eigenvalue weighted by atomic mass is 16.5. The van der Waals surface area contributed by atoms with Crippen LogP contribution in [0.5, 0.6) is 5.75 Å². The second kappa shape index (κ2) is 5.40. The molecule has 4 heteroatoms. The minimum atomic E-state index is 0.0545. The van der Waals surface area contributed by atoms with Gasteiger partial charge in [0.15, 0.2) is 0 Å². The number of rotatable bonds is 2. The zero-order valence-electron chi connectivity index (χ0n) is 10.9. The van der Waals surface area contributed by atoms with Crippen LogP contribution in [0.25, 0.3) is 0 Å². The van der Waals surface area contributed by atoms with E-state index in [0.29, 0.717) is 12.5 Å². The van der Waals surface area contributed by atoms with Crippen LogP contribution in [0, 0.1) is 0 Å². The lowest BCUT2D eigenvalue weighted by atomic mass is 9.88. The Kier molecular flexibility index (Phi) is 3.87. The minimum absolute atomic E-state index is 0.0545. The Balaban J connectivity index is 2.18. The lowest BCUT2D eigenvalue weighted by Crippen LogP contribution is -2.47. The summed E-state index contributed by atoms with van der Waals surface area (Å²) >= 11 is 0. The molecule has 1 aliphatic heterocycles. The average molecular weight is 248 g/mol. The topological polar surface area (TPSA) is 55.6 Å². The molecule has 1 saturated heterocycles. The third-order valence-corrected chi connectivity index (χ3v) is 3.49. The molecule has 2 N–H and O–H groups in total. The first-order valence-electron chi connectivity index (χ1n) is 6.25. The number of benzene rings is 1. The van der Waals surface area contributed by atoms with Crippen molar-refractivity contribution in [2.45, 2.75) is 25.3 Å². The number of carbonyl (C=O) groups is 1. The maximum absolute atomic E-state index is 11.5. The van der Waals surface area contributed by atoms with Crippen molar-refractivity contribution in [2.75, 3.05) is 20.2 Å². The van der Waals surface area contributed by atoms with Crippen LogP contribution in [0.1, 0.15) is 24.8 Å². The molecule has 0 aliphatic carbocycles. The molecule has 0 radical (unpaired) electrons. The van der Waals surface area contributed by atoms with Crippen LogP contribution in [-0.2, 0) is 4.79 Å². The lowest BCUT2D eigenvalue weighted by molar-refractivity contribution is -0.130. The highest BCUT2D eigenvalue weighted by Gasteiger charge is 2.27. The molecule has 1 heterocycles. The maximum Gasteiger partial charge on any atom is 0.219 e. The Labute approximate surface area is 108 Å². The molecular weight excluding hydrogens is 228 g/mol. The Morgan fingerprint density at radius 2 is 2.22 bits per heavy atom. The van der Waals surface area contributed by atoms with Crippen LogP contribution in [0.4, 0.5) is 0 Å². The summed E-state index contributed by atoms with van der Waals surface area (Å²) in [6, 6.07) is 8.06. The molecule has 0 bridgehead atoms. The van der Waals surface area contributed by atoms with Crippen molar-refractivity contribution in [3.8, 4) is 5.75 Å². The Morgan fingerprint density at radius 1 is 1.44 bits per heavy atom. The summed E-state index contributed by atoms with van der Waals surface area (Å²) in [5, 5.41) is 0. The van der Waals surface area contributed by atoms with Crippen LogP contribution in [0.3, 0.4) is 0 Å². The molecular formula is C14H20N2O2. The van der Waals surface area contributed by atoms with Gasteiger partial charge in [-0.25, -0.2) is 0 Å². The Hall–Kier alpha value is -1.55. The highest BCUT2D eigenvalue weighted by Crippen LogP contribution is 2.28. The zero-order valence-corrected chi connectivity index (χ0v) is 10.9. The molecule has 2 atom stereocenters. The second-order valence-corrected chi connectivity index (χ2v) is 4.89. The number of carbonyl (C=O) groups excluding carboxylic acids is 1. The first-order chi connectivity index (χ1) is 8.60. The molecule has 0 saturated carbocycles. The third-order valence-electron chi connectivity index (χ3n) is 3.49. The summed E-state index contributed by atoms with van der Waals surface area (Å²) in [5.41, 5.74) is 7.23. The van der Waals surface area contributed by atoms with Crippen molar-refractivity contribution >= 4 is 5.91 Å². The van der Waals surface area contributed by atoms with E-state index in [1.807, 2.05) is 23.1 Å². The summed E-state index contributed by atoms with van der Waals surface area (Å²) in [5.74, 6) is 1.24. The van der Waals surface area contributed by atoms with Crippen LogP contribution < -0.4 is 10.5 Å². The molecule has 4 nitrogen and oxygen atoms in total. The minimum Gasteiger partial charge on any atom is -0.497 e. The van der Waals surface area contributed by atoms with Crippen LogP contribution in [-0.4, -0.2) is 37.0 Å². The zero-order chi connectivity index (χ0) is 13.1. The Morgan fingerprint density at radius 3 is 2.89 bits per heavy atom. The van der Waals surface area contributed by atoms with E-state index in [9.17, 15) is 4.79 Å². The van der Waals surface area contributed by atoms with Crippen LogP contribution >= 0.6 is 0 Å². The SMILES string of the molecule is COc1cccc(C2CC(N)CN(C(C)=O)C2)c1. The molecule has 1 aromatic rings. The lowest BCUT2D eigenvalue weighted by Gasteiger charge is -2.36. The van der Waals surface area contributed by atoms with Crippen molar-refractivity contribution < 1.29 is 9.53 Å². The van der Waals surface area contributed by atoms with E-state index in [1.165, 1.54) is 5.56 Å². The van der Waals surface area contributed by atoms with E-state index in [2.05, 4.69) is 6.07 Å². The standard InChI is InChI=1S/C14H20N2O2/c1-10(17)16-8-12(6-13(15)9-16)11-4-3-5-14(7-11)18-2/h3-5,7,12-13H,6,8-9,15H2,1-2H3. The van der Waals surface area contributed by atoms with Gasteiger partial charge in [0.05, 0.1) is 7.11 Å². The number of nitrogens with two attached hydrogens (primary N) is 1. The van der Waals surface area contributed by atoms with Gasteiger partial charge in [-0.05, 0) is 24.1 Å². The molecule has 2 rings (SSSR count). The molecule has 1 amide bonds. The largest absolute Gasteiger partial charge is 0.497 e. The van der Waals surface area contributed by atoms with E-state index in [1.54, 1.807) is 14.0 Å². The fourth-order valence-electron chi connectivity index (χ4n) is 2.53. The first-order valence-corrected chi connectivity index (χ1v) is 6.25. The number of nitrogens with zero attached hydrogens (tertiary/aromatic N) is 1. The number of methoxy groups -OCH3 is 1. The third kappa shape index (κ3) is 2.82. The number of hydrogen-bond donors (Lipinski definition) is 1. The number of likely N-dealkylation sites (tertiary alicyclic amines) is 1. The van der Waals surface area contributed by atoms with Gasteiger partial charge in [0, 0.05) is 32.0 Å². The summed E-state index contributed by atoms with van der Waals surface area (Å²) < 4.78 is 5.23. The molecule has 0 spiro atoms. The number of ether oxygens (including phenoxy) is 1. The van der Waals surface area contributed by atoms with Crippen molar-refractivity contribution in [3.05, 3.63) is 29.8 Å². The smallest absolute Gasteiger partial charge is 0.219 e. The fourth-order valence-corrected chi connectivity index (χ4v) is 2.53. The van der Waals surface area contributed by atoms with Gasteiger partial charge in [0.25, 0.3) is 0 Å². The van der Waals surface area contributed by atoms with Gasteiger partial charge in [0.2, 0.25) is 5.91 Å². The van der Waals surface area contributed by atoms with Crippen LogP contribution in [0.2, 0.25) is 0 Å². The predicted octanol–water partition coefficient (Wildman–Crippen LogP) is 1.36. The maximum atomic E-state index is 11.5. The van der Waals surface area contributed by atoms with E-state index < -0.39 is 0 Å². The normalized spacial score (nSPS) is 23.8. The van der Waals surface area contributed by atoms with Crippen LogP contribution in [0.15, 0.2) is 24.3 Å². The van der Waals surface area contributed by atoms with Gasteiger partial charge in [-0.2, -0.15) is 0 Å². The average Bonchev–Trinajstić information content (AvgIpc) is 2.38. The monoisotopic (exact) mass is 248 g/mol. The van der Waals surface area contributed by atoms with Gasteiger partial charge in [-0.1, -0.05) is 12.1 Å². The predicted molar refractivity (Wildman–Crippen MR) is 70.6 cm³/mol. The first kappa shape index (κ1) is 12.9. The van der Waals surface area contributed by atoms with Gasteiger partial charge < -0.3 is 15.4 Å². The van der Waals surface area contributed by atoms with Gasteiger partial charge in [-0.3, -0.25) is 4.79 Å². The molecule has 2 unspecified atom stereocenters. The number of piperidine rings is 1. The van der Waals surface area contributed by atoms with Gasteiger partial charge in [-0.15, -0.1) is 0 Å². The van der Waals surface area contributed by atoms with Gasteiger partial charge in [0.1, 0.15) is 5.75 Å². The van der Waals surface area contributed by atoms with E-state index in [-0.39, 0.29) is 11.9 Å². The summed E-state index contributed by atoms with van der Waals surface area (Å²) in [7, 11) is 1.66. The highest BCUT2D eigenvalue weighted by molar-refractivity contribution is 5.73. The van der Waals surface area contributed by atoms with Crippen molar-refractivity contribution in [2.24, 2.45) is 5.73 Å². The van der Waals surface area contributed by atoms with Gasteiger partial charge >= 0.3 is 0 Å². The molecule has 1 aliphatic rings. The molecule has 18 heavy (non-hydrogen) atoms. The summed E-state index contributed by atoms with van der Waals surface area (Å²) in [4.78, 5) is 13.3. The summed E-state index contributed by atoms with van der Waals surface area (Å²) in [6.07, 6.45) is 0.914. The molecule has 0 aromatic heterocycles. The second-order valence-electron chi connectivity index (χ2n) is 4.89. The summed E-state index contributed by atoms with van der Waals surface area (Å²) in [6.45, 7) is 3.01. The molecule has 1 fully saturated rings. The van der Waals surface area contributed by atoms with E-state index in [0.717, 1.165) is 18.7 Å². The molecule has 98 valence electrons. The van der Waals surface area contributed by atoms with Crippen molar-refractivity contribution in [1.82, 2.24) is 4.90 Å². The van der Waals surface area contributed by atoms with E-state index in [4.69, 9.17) is 10.5 Å². The van der Waals surface area contributed by atoms with Crippen molar-refractivity contribution in [3.63, 3.8) is 0 Å². The number of amides is 1. The quantitative estimate of drug-likeness (QED) is 0.859. The van der Waals surface area contributed by atoms with Crippen molar-refractivity contribution in [1.29, 1.82) is 0 Å².